The first-order chi connectivity index (χ1) is 7.13. The van der Waals surface area contributed by atoms with Crippen LogP contribution in [0, 0.1) is 0 Å². The van der Waals surface area contributed by atoms with Crippen molar-refractivity contribution < 1.29 is 13.9 Å². The maximum atomic E-state index is 12.2. The van der Waals surface area contributed by atoms with Gasteiger partial charge in [0.05, 0.1) is 13.2 Å². The van der Waals surface area contributed by atoms with Gasteiger partial charge in [-0.25, -0.2) is 13.8 Å². The van der Waals surface area contributed by atoms with Crippen molar-refractivity contribution in [2.45, 2.75) is 6.43 Å². The lowest BCUT2D eigenvalue weighted by atomic mass is 10.3. The first kappa shape index (κ1) is 11.6. The van der Waals surface area contributed by atoms with Crippen molar-refractivity contribution in [1.82, 2.24) is 4.98 Å². The molecule has 0 radical (unpaired) electrons. The van der Waals surface area contributed by atoms with Crippen LogP contribution in [0.25, 0.3) is 0 Å². The van der Waals surface area contributed by atoms with Crippen molar-refractivity contribution in [2.75, 3.05) is 30.3 Å². The lowest BCUT2D eigenvalue weighted by Gasteiger charge is -2.23. The molecule has 84 valence electrons. The van der Waals surface area contributed by atoms with Gasteiger partial charge < -0.3 is 15.7 Å². The third kappa shape index (κ3) is 3.67. The Balaban J connectivity index is 2.78. The van der Waals surface area contributed by atoms with Gasteiger partial charge in [0.2, 0.25) is 0 Å². The Morgan fingerprint density at radius 3 is 2.80 bits per heavy atom. The molecule has 0 bridgehead atoms. The predicted octanol–water partition coefficient (Wildman–Crippen LogP) is 0.728. The van der Waals surface area contributed by atoms with E-state index in [0.29, 0.717) is 5.69 Å². The number of alkyl halides is 2. The van der Waals surface area contributed by atoms with Crippen LogP contribution in [0.2, 0.25) is 0 Å². The highest BCUT2D eigenvalue weighted by atomic mass is 19.3. The van der Waals surface area contributed by atoms with Gasteiger partial charge in [0.15, 0.2) is 0 Å². The van der Waals surface area contributed by atoms with Crippen LogP contribution >= 0.6 is 0 Å². The van der Waals surface area contributed by atoms with Gasteiger partial charge in [0, 0.05) is 24.5 Å². The van der Waals surface area contributed by atoms with Crippen molar-refractivity contribution in [3.8, 4) is 0 Å². The van der Waals surface area contributed by atoms with Crippen LogP contribution in [0.3, 0.4) is 0 Å². The molecule has 0 aliphatic heterocycles. The molecule has 15 heavy (non-hydrogen) atoms. The van der Waals surface area contributed by atoms with Gasteiger partial charge in [-0.3, -0.25) is 0 Å². The zero-order chi connectivity index (χ0) is 11.3. The number of halogens is 2. The summed E-state index contributed by atoms with van der Waals surface area (Å²) in [6.45, 7) is -0.466. The minimum atomic E-state index is -2.45. The van der Waals surface area contributed by atoms with E-state index in [2.05, 4.69) is 4.98 Å². The Labute approximate surface area is 86.3 Å². The normalized spacial score (nSPS) is 10.7. The average molecular weight is 217 g/mol. The summed E-state index contributed by atoms with van der Waals surface area (Å²) < 4.78 is 24.4. The van der Waals surface area contributed by atoms with Crippen LogP contribution < -0.4 is 10.6 Å². The van der Waals surface area contributed by atoms with Crippen molar-refractivity contribution in [3.05, 3.63) is 18.3 Å². The largest absolute Gasteiger partial charge is 0.395 e. The van der Waals surface area contributed by atoms with Crippen molar-refractivity contribution in [2.24, 2.45) is 0 Å². The highest BCUT2D eigenvalue weighted by molar-refractivity contribution is 5.52. The summed E-state index contributed by atoms with van der Waals surface area (Å²) in [6.07, 6.45) is -1.01. The van der Waals surface area contributed by atoms with Gasteiger partial charge in [-0.15, -0.1) is 0 Å². The number of aliphatic hydroxyl groups is 1. The quantitative estimate of drug-likeness (QED) is 0.763. The first-order valence-corrected chi connectivity index (χ1v) is 4.49. The zero-order valence-corrected chi connectivity index (χ0v) is 8.11. The molecule has 0 fully saturated rings. The van der Waals surface area contributed by atoms with Gasteiger partial charge in [0.1, 0.15) is 5.82 Å². The maximum Gasteiger partial charge on any atom is 0.255 e. The van der Waals surface area contributed by atoms with E-state index in [0.717, 1.165) is 0 Å². The molecule has 1 aromatic heterocycles. The molecule has 0 unspecified atom stereocenters. The minimum absolute atomic E-state index is 0.147. The molecule has 0 aliphatic rings. The topological polar surface area (TPSA) is 62.4 Å². The smallest absolute Gasteiger partial charge is 0.255 e. The maximum absolute atomic E-state index is 12.2. The van der Waals surface area contributed by atoms with Crippen LogP contribution in [0.1, 0.15) is 0 Å². The van der Waals surface area contributed by atoms with E-state index >= 15 is 0 Å². The molecule has 6 heteroatoms. The lowest BCUT2D eigenvalue weighted by molar-refractivity contribution is 0.153. The van der Waals surface area contributed by atoms with Crippen molar-refractivity contribution >= 4 is 11.5 Å². The summed E-state index contributed by atoms with van der Waals surface area (Å²) in [4.78, 5) is 5.13. The fraction of sp³-hybridized carbons (Fsp3) is 0.444. The molecule has 0 aromatic carbocycles. The molecule has 1 heterocycles. The predicted molar refractivity (Wildman–Crippen MR) is 54.0 cm³/mol. The van der Waals surface area contributed by atoms with Gasteiger partial charge in [0.25, 0.3) is 6.43 Å². The molecular weight excluding hydrogens is 204 g/mol. The second kappa shape index (κ2) is 5.45. The van der Waals surface area contributed by atoms with Gasteiger partial charge >= 0.3 is 0 Å². The zero-order valence-electron chi connectivity index (χ0n) is 8.11. The number of hydrogen-bond acceptors (Lipinski definition) is 4. The molecule has 3 N–H and O–H groups in total. The number of rotatable bonds is 5. The Kier molecular flexibility index (Phi) is 4.23. The van der Waals surface area contributed by atoms with Crippen LogP contribution in [0.4, 0.5) is 20.3 Å². The molecule has 0 aliphatic carbocycles. The van der Waals surface area contributed by atoms with E-state index < -0.39 is 13.0 Å². The second-order valence-corrected chi connectivity index (χ2v) is 3.00. The highest BCUT2D eigenvalue weighted by Gasteiger charge is 2.12. The second-order valence-electron chi connectivity index (χ2n) is 3.00. The summed E-state index contributed by atoms with van der Waals surface area (Å²) in [5.41, 5.74) is 5.97. The van der Waals surface area contributed by atoms with E-state index in [1.165, 1.54) is 17.2 Å². The number of anilines is 2. The fourth-order valence-corrected chi connectivity index (χ4v) is 1.25. The van der Waals surface area contributed by atoms with Crippen LogP contribution in [0.15, 0.2) is 18.3 Å². The molecule has 0 saturated heterocycles. The highest BCUT2D eigenvalue weighted by Crippen LogP contribution is 2.16. The van der Waals surface area contributed by atoms with Crippen LogP contribution in [0.5, 0.6) is 0 Å². The Hall–Kier alpha value is -1.43. The molecule has 1 rings (SSSR count). The number of nitrogens with zero attached hydrogens (tertiary/aromatic N) is 2. The first-order valence-electron chi connectivity index (χ1n) is 4.49. The Bertz CT molecular complexity index is 309. The number of nitrogen functional groups attached to an aromatic ring is 1. The summed E-state index contributed by atoms with van der Waals surface area (Å²) in [5, 5.41) is 8.75. The molecule has 0 saturated carbocycles. The SMILES string of the molecule is Nc1cc(N(CCO)CC(F)F)ccn1. The molecule has 0 atom stereocenters. The van der Waals surface area contributed by atoms with E-state index in [1.807, 2.05) is 0 Å². The Morgan fingerprint density at radius 2 is 2.27 bits per heavy atom. The van der Waals surface area contributed by atoms with Crippen LogP contribution in [-0.4, -0.2) is 36.2 Å². The van der Waals surface area contributed by atoms with Gasteiger partial charge in [-0.2, -0.15) is 0 Å². The molecular formula is C9H13F2N3O. The number of nitrogens with two attached hydrogens (primary N) is 1. The molecule has 0 amide bonds. The molecule has 0 spiro atoms. The van der Waals surface area contributed by atoms with Gasteiger partial charge in [-0.05, 0) is 6.07 Å². The summed E-state index contributed by atoms with van der Waals surface area (Å²) in [7, 11) is 0. The number of hydrogen-bond donors (Lipinski definition) is 2. The van der Waals surface area contributed by atoms with Crippen LogP contribution in [-0.2, 0) is 0 Å². The lowest BCUT2D eigenvalue weighted by Crippen LogP contribution is -2.31. The summed E-state index contributed by atoms with van der Waals surface area (Å²) in [6, 6.07) is 3.08. The monoisotopic (exact) mass is 217 g/mol. The third-order valence-electron chi connectivity index (χ3n) is 1.86. The fourth-order valence-electron chi connectivity index (χ4n) is 1.25. The number of aliphatic hydroxyl groups excluding tert-OH is 1. The molecule has 1 aromatic rings. The minimum Gasteiger partial charge on any atom is -0.395 e. The number of pyridine rings is 1. The summed E-state index contributed by atoms with van der Waals surface area (Å²) >= 11 is 0. The van der Waals surface area contributed by atoms with Crippen molar-refractivity contribution in [1.29, 1.82) is 0 Å². The number of aromatic nitrogens is 1. The van der Waals surface area contributed by atoms with Crippen molar-refractivity contribution in [3.63, 3.8) is 0 Å². The standard InChI is InChI=1S/C9H13F2N3O/c10-8(11)6-14(3-4-15)7-1-2-13-9(12)5-7/h1-2,5,8,15H,3-4,6H2,(H2,12,13). The van der Waals surface area contributed by atoms with Gasteiger partial charge in [-0.1, -0.05) is 0 Å². The van der Waals surface area contributed by atoms with E-state index in [-0.39, 0.29) is 19.0 Å². The Morgan fingerprint density at radius 1 is 1.53 bits per heavy atom. The average Bonchev–Trinajstić information content (AvgIpc) is 2.16. The molecule has 4 nitrogen and oxygen atoms in total. The van der Waals surface area contributed by atoms with E-state index in [9.17, 15) is 8.78 Å². The summed E-state index contributed by atoms with van der Waals surface area (Å²) in [5.74, 6) is 0.268. The van der Waals surface area contributed by atoms with E-state index in [4.69, 9.17) is 10.8 Å². The third-order valence-corrected chi connectivity index (χ3v) is 1.86. The van der Waals surface area contributed by atoms with E-state index in [1.54, 1.807) is 6.07 Å².